The Hall–Kier alpha value is -0.450. The van der Waals surface area contributed by atoms with Gasteiger partial charge in [-0.1, -0.05) is 6.92 Å². The highest BCUT2D eigenvalue weighted by atomic mass is 32.1. The van der Waals surface area contributed by atoms with E-state index >= 15 is 0 Å². The van der Waals surface area contributed by atoms with Gasteiger partial charge in [-0.2, -0.15) is 0 Å². The smallest absolute Gasteiger partial charge is 0.0950 e. The van der Waals surface area contributed by atoms with Crippen LogP contribution in [0, 0.1) is 5.92 Å². The van der Waals surface area contributed by atoms with Crippen LogP contribution in [0.25, 0.3) is 0 Å². The van der Waals surface area contributed by atoms with E-state index in [2.05, 4.69) is 11.9 Å². The number of hydrogen-bond acceptors (Lipinski definition) is 4. The van der Waals surface area contributed by atoms with Crippen molar-refractivity contribution in [3.8, 4) is 0 Å². The lowest BCUT2D eigenvalue weighted by molar-refractivity contribution is 0.0317. The van der Waals surface area contributed by atoms with Gasteiger partial charge < -0.3 is 9.84 Å². The molecule has 3 nitrogen and oxygen atoms in total. The minimum absolute atomic E-state index is 0.236. The molecule has 1 aliphatic rings. The summed E-state index contributed by atoms with van der Waals surface area (Å²) >= 11 is 1.61. The van der Waals surface area contributed by atoms with Gasteiger partial charge in [0.25, 0.3) is 0 Å². The van der Waals surface area contributed by atoms with E-state index in [4.69, 9.17) is 4.74 Å². The molecule has 0 spiro atoms. The summed E-state index contributed by atoms with van der Waals surface area (Å²) in [4.78, 5) is 4.20. The molecular weight excluding hydrogens is 210 g/mol. The lowest BCUT2D eigenvalue weighted by atomic mass is 9.92. The normalized spacial score (nSPS) is 28.1. The fourth-order valence-electron chi connectivity index (χ4n) is 2.21. The van der Waals surface area contributed by atoms with Gasteiger partial charge in [-0.05, 0) is 12.8 Å². The Kier molecular flexibility index (Phi) is 3.72. The molecule has 1 aromatic rings. The maximum Gasteiger partial charge on any atom is 0.0950 e. The molecule has 2 heterocycles. The van der Waals surface area contributed by atoms with Crippen molar-refractivity contribution in [2.24, 2.45) is 5.92 Å². The van der Waals surface area contributed by atoms with Gasteiger partial charge >= 0.3 is 0 Å². The first-order chi connectivity index (χ1) is 7.31. The molecule has 15 heavy (non-hydrogen) atoms. The van der Waals surface area contributed by atoms with Crippen LogP contribution in [-0.4, -0.2) is 28.9 Å². The first kappa shape index (κ1) is 11.0. The minimum atomic E-state index is -0.302. The van der Waals surface area contributed by atoms with Crippen molar-refractivity contribution in [2.45, 2.75) is 38.4 Å². The largest absolute Gasteiger partial charge is 0.392 e. The average Bonchev–Trinajstić information content (AvgIpc) is 2.86. The first-order valence-corrected chi connectivity index (χ1v) is 6.37. The molecule has 2 rings (SSSR count). The lowest BCUT2D eigenvalue weighted by Gasteiger charge is -2.21. The van der Waals surface area contributed by atoms with Gasteiger partial charge in [-0.3, -0.25) is 0 Å². The molecule has 1 aliphatic heterocycles. The van der Waals surface area contributed by atoms with E-state index in [1.807, 2.05) is 5.38 Å². The maximum atomic E-state index is 10.1. The summed E-state index contributed by atoms with van der Waals surface area (Å²) in [5.41, 5.74) is 0. The van der Waals surface area contributed by atoms with Crippen LogP contribution in [0.2, 0.25) is 0 Å². The Balaban J connectivity index is 1.92. The zero-order valence-electron chi connectivity index (χ0n) is 8.93. The zero-order chi connectivity index (χ0) is 10.7. The van der Waals surface area contributed by atoms with Crippen molar-refractivity contribution in [3.63, 3.8) is 0 Å². The second kappa shape index (κ2) is 5.05. The zero-order valence-corrected chi connectivity index (χ0v) is 9.74. The number of aliphatic hydroxyl groups is 1. The molecule has 0 radical (unpaired) electrons. The fraction of sp³-hybridized carbons (Fsp3) is 0.727. The third-order valence-electron chi connectivity index (χ3n) is 3.02. The minimum Gasteiger partial charge on any atom is -0.392 e. The standard InChI is InChI=1S/C11H17NO2S/c1-2-10-8(3-5-14-10)9(13)7-11-12-4-6-15-11/h4,6,8-10,13H,2-3,5,7H2,1H3. The molecule has 0 saturated carbocycles. The highest BCUT2D eigenvalue weighted by Gasteiger charge is 2.32. The van der Waals surface area contributed by atoms with Crippen molar-refractivity contribution in [1.29, 1.82) is 0 Å². The fourth-order valence-corrected chi connectivity index (χ4v) is 2.88. The molecule has 84 valence electrons. The Morgan fingerprint density at radius 2 is 2.60 bits per heavy atom. The Labute approximate surface area is 94.1 Å². The number of thiazole rings is 1. The summed E-state index contributed by atoms with van der Waals surface area (Å²) in [5, 5.41) is 13.1. The van der Waals surface area contributed by atoms with Crippen molar-refractivity contribution in [2.75, 3.05) is 6.61 Å². The SMILES string of the molecule is CCC1OCCC1C(O)Cc1nccs1. The molecule has 1 aromatic heterocycles. The van der Waals surface area contributed by atoms with Crippen LogP contribution in [0.1, 0.15) is 24.8 Å². The van der Waals surface area contributed by atoms with Gasteiger partial charge in [0, 0.05) is 30.5 Å². The van der Waals surface area contributed by atoms with Crippen molar-refractivity contribution in [3.05, 3.63) is 16.6 Å². The van der Waals surface area contributed by atoms with Gasteiger partial charge in [0.1, 0.15) is 0 Å². The Bertz CT molecular complexity index is 289. The molecule has 1 saturated heterocycles. The summed E-state index contributed by atoms with van der Waals surface area (Å²) < 4.78 is 5.58. The number of ether oxygens (including phenoxy) is 1. The van der Waals surface area contributed by atoms with Gasteiger partial charge in [0.05, 0.1) is 17.2 Å². The van der Waals surface area contributed by atoms with Crippen LogP contribution in [0.5, 0.6) is 0 Å². The van der Waals surface area contributed by atoms with E-state index in [0.29, 0.717) is 12.3 Å². The van der Waals surface area contributed by atoms with E-state index in [1.165, 1.54) is 0 Å². The van der Waals surface area contributed by atoms with Crippen LogP contribution >= 0.6 is 11.3 Å². The number of aliphatic hydroxyl groups excluding tert-OH is 1. The van der Waals surface area contributed by atoms with E-state index in [-0.39, 0.29) is 12.2 Å². The monoisotopic (exact) mass is 227 g/mol. The number of aromatic nitrogens is 1. The molecule has 4 heteroatoms. The molecule has 0 bridgehead atoms. The molecule has 0 aromatic carbocycles. The third-order valence-corrected chi connectivity index (χ3v) is 3.83. The molecule has 1 fully saturated rings. The van der Waals surface area contributed by atoms with E-state index in [9.17, 15) is 5.11 Å². The average molecular weight is 227 g/mol. The van der Waals surface area contributed by atoms with E-state index in [1.54, 1.807) is 17.5 Å². The predicted octanol–water partition coefficient (Wildman–Crippen LogP) is 1.86. The Morgan fingerprint density at radius 3 is 3.27 bits per heavy atom. The highest BCUT2D eigenvalue weighted by molar-refractivity contribution is 7.09. The maximum absolute atomic E-state index is 10.1. The van der Waals surface area contributed by atoms with Crippen molar-refractivity contribution < 1.29 is 9.84 Å². The van der Waals surface area contributed by atoms with E-state index < -0.39 is 0 Å². The molecule has 0 aliphatic carbocycles. The van der Waals surface area contributed by atoms with Gasteiger partial charge in [-0.25, -0.2) is 4.98 Å². The van der Waals surface area contributed by atoms with Crippen LogP contribution < -0.4 is 0 Å². The summed E-state index contributed by atoms with van der Waals surface area (Å²) in [6.45, 7) is 2.90. The molecule has 3 atom stereocenters. The third kappa shape index (κ3) is 2.56. The number of nitrogens with zero attached hydrogens (tertiary/aromatic N) is 1. The quantitative estimate of drug-likeness (QED) is 0.853. The number of rotatable bonds is 4. The van der Waals surface area contributed by atoms with Crippen LogP contribution in [-0.2, 0) is 11.2 Å². The molecule has 1 N–H and O–H groups in total. The highest BCUT2D eigenvalue weighted by Crippen LogP contribution is 2.28. The second-order valence-corrected chi connectivity index (χ2v) is 4.95. The molecular formula is C11H17NO2S. The van der Waals surface area contributed by atoms with Gasteiger partial charge in [0.2, 0.25) is 0 Å². The van der Waals surface area contributed by atoms with Crippen LogP contribution in [0.3, 0.4) is 0 Å². The van der Waals surface area contributed by atoms with Crippen molar-refractivity contribution in [1.82, 2.24) is 4.98 Å². The molecule has 0 amide bonds. The van der Waals surface area contributed by atoms with Crippen molar-refractivity contribution >= 4 is 11.3 Å². The van der Waals surface area contributed by atoms with Gasteiger partial charge in [-0.15, -0.1) is 11.3 Å². The summed E-state index contributed by atoms with van der Waals surface area (Å²) in [7, 11) is 0. The van der Waals surface area contributed by atoms with E-state index in [0.717, 1.165) is 24.5 Å². The molecule has 3 unspecified atom stereocenters. The summed E-state index contributed by atoms with van der Waals surface area (Å²) in [6.07, 6.45) is 4.35. The topological polar surface area (TPSA) is 42.4 Å². The van der Waals surface area contributed by atoms with Gasteiger partial charge in [0.15, 0.2) is 0 Å². The summed E-state index contributed by atoms with van der Waals surface area (Å²) in [6, 6.07) is 0. The van der Waals surface area contributed by atoms with Crippen LogP contribution in [0.15, 0.2) is 11.6 Å². The summed E-state index contributed by atoms with van der Waals surface area (Å²) in [5.74, 6) is 0.291. The predicted molar refractivity (Wildman–Crippen MR) is 60.0 cm³/mol. The first-order valence-electron chi connectivity index (χ1n) is 5.49. The Morgan fingerprint density at radius 1 is 1.73 bits per heavy atom. The number of hydrogen-bond donors (Lipinski definition) is 1. The second-order valence-electron chi connectivity index (χ2n) is 3.97. The lowest BCUT2D eigenvalue weighted by Crippen LogP contribution is -2.29. The van der Waals surface area contributed by atoms with Crippen LogP contribution in [0.4, 0.5) is 0 Å².